The first-order chi connectivity index (χ1) is 6.52. The second-order valence-electron chi connectivity index (χ2n) is 2.81. The summed E-state index contributed by atoms with van der Waals surface area (Å²) in [6.07, 6.45) is 0. The standard InChI is InChI=1S/C8H4I4N2/c1-3-2-4-5(9)6(10)7(11)14(4)8(12)13-3/h2H,1H3. The molecule has 0 aliphatic rings. The highest BCUT2D eigenvalue weighted by Gasteiger charge is 2.14. The Hall–Kier alpha value is 1.61. The lowest BCUT2D eigenvalue weighted by molar-refractivity contribution is 0.980. The van der Waals surface area contributed by atoms with E-state index in [4.69, 9.17) is 0 Å². The molecule has 0 unspecified atom stereocenters. The van der Waals surface area contributed by atoms with Crippen LogP contribution in [0.25, 0.3) is 5.52 Å². The Morgan fingerprint density at radius 1 is 1.14 bits per heavy atom. The van der Waals surface area contributed by atoms with Crippen molar-refractivity contribution in [2.24, 2.45) is 0 Å². The van der Waals surface area contributed by atoms with E-state index < -0.39 is 0 Å². The highest BCUT2D eigenvalue weighted by molar-refractivity contribution is 14.1. The van der Waals surface area contributed by atoms with Gasteiger partial charge in [0.05, 0.1) is 12.7 Å². The molecule has 2 aromatic heterocycles. The Morgan fingerprint density at radius 2 is 1.79 bits per heavy atom. The van der Waals surface area contributed by atoms with Gasteiger partial charge in [0.2, 0.25) is 0 Å². The van der Waals surface area contributed by atoms with Crippen LogP contribution in [0.1, 0.15) is 5.69 Å². The van der Waals surface area contributed by atoms with E-state index in [1.54, 1.807) is 0 Å². The van der Waals surface area contributed by atoms with Gasteiger partial charge in [-0.25, -0.2) is 4.98 Å². The van der Waals surface area contributed by atoms with Crippen molar-refractivity contribution in [2.75, 3.05) is 0 Å². The summed E-state index contributed by atoms with van der Waals surface area (Å²) in [4.78, 5) is 4.46. The Balaban J connectivity index is 3.02. The Morgan fingerprint density at radius 3 is 2.43 bits per heavy atom. The predicted octanol–water partition coefficient (Wildman–Crippen LogP) is 4.06. The molecule has 0 aliphatic carbocycles. The predicted molar refractivity (Wildman–Crippen MR) is 90.8 cm³/mol. The zero-order valence-corrected chi connectivity index (χ0v) is 15.6. The quantitative estimate of drug-likeness (QED) is 0.316. The van der Waals surface area contributed by atoms with Gasteiger partial charge < -0.3 is 0 Å². The third kappa shape index (κ3) is 1.92. The van der Waals surface area contributed by atoms with Gasteiger partial charge in [0, 0.05) is 28.3 Å². The zero-order valence-electron chi connectivity index (χ0n) is 6.98. The number of hydrogen-bond donors (Lipinski definition) is 0. The maximum Gasteiger partial charge on any atom is 0.176 e. The van der Waals surface area contributed by atoms with E-state index in [0.717, 1.165) is 9.53 Å². The maximum absolute atomic E-state index is 4.46. The first-order valence-corrected chi connectivity index (χ1v) is 8.02. The first kappa shape index (κ1) is 12.1. The van der Waals surface area contributed by atoms with Crippen molar-refractivity contribution in [3.05, 3.63) is 26.4 Å². The summed E-state index contributed by atoms with van der Waals surface area (Å²) in [5, 5.41) is 0. The van der Waals surface area contributed by atoms with E-state index in [1.807, 2.05) is 6.92 Å². The number of halogens is 4. The van der Waals surface area contributed by atoms with Crippen LogP contribution in [0, 0.1) is 21.6 Å². The van der Waals surface area contributed by atoms with Crippen LogP contribution in [0.15, 0.2) is 6.07 Å². The number of fused-ring (bicyclic) bond motifs is 1. The van der Waals surface area contributed by atoms with Gasteiger partial charge in [-0.1, -0.05) is 0 Å². The van der Waals surface area contributed by atoms with Crippen LogP contribution in [0.2, 0.25) is 0 Å². The minimum absolute atomic E-state index is 1.03. The van der Waals surface area contributed by atoms with Gasteiger partial charge in [0.15, 0.2) is 3.83 Å². The summed E-state index contributed by atoms with van der Waals surface area (Å²) in [5.74, 6) is 0. The SMILES string of the molecule is Cc1cc2c(I)c(I)c(I)n2c(I)n1. The van der Waals surface area contributed by atoms with Crippen molar-refractivity contribution >= 4 is 95.9 Å². The molecule has 0 bridgehead atoms. The zero-order chi connectivity index (χ0) is 10.5. The van der Waals surface area contributed by atoms with E-state index in [2.05, 4.69) is 106 Å². The number of nitrogens with zero attached hydrogens (tertiary/aromatic N) is 2. The average molecular weight is 636 g/mol. The summed E-state index contributed by atoms with van der Waals surface area (Å²) in [6.45, 7) is 2.03. The summed E-state index contributed by atoms with van der Waals surface area (Å²) >= 11 is 9.42. The highest BCUT2D eigenvalue weighted by Crippen LogP contribution is 2.29. The summed E-state index contributed by atoms with van der Waals surface area (Å²) in [6, 6.07) is 2.13. The summed E-state index contributed by atoms with van der Waals surface area (Å²) in [7, 11) is 0. The van der Waals surface area contributed by atoms with Crippen molar-refractivity contribution in [2.45, 2.75) is 6.92 Å². The molecule has 0 aliphatic heterocycles. The lowest BCUT2D eigenvalue weighted by Gasteiger charge is -2.01. The third-order valence-electron chi connectivity index (χ3n) is 1.83. The van der Waals surface area contributed by atoms with Crippen LogP contribution in [-0.2, 0) is 0 Å². The normalized spacial score (nSPS) is 11.2. The molecule has 0 N–H and O–H groups in total. The molecule has 14 heavy (non-hydrogen) atoms. The topological polar surface area (TPSA) is 17.3 Å². The van der Waals surface area contributed by atoms with Crippen LogP contribution in [0.3, 0.4) is 0 Å². The van der Waals surface area contributed by atoms with E-state index in [0.29, 0.717) is 0 Å². The molecular weight excluding hydrogens is 632 g/mol. The lowest BCUT2D eigenvalue weighted by atomic mass is 10.4. The van der Waals surface area contributed by atoms with Gasteiger partial charge in [0.25, 0.3) is 0 Å². The maximum atomic E-state index is 4.46. The molecule has 0 spiro atoms. The first-order valence-electron chi connectivity index (χ1n) is 3.70. The molecule has 0 amide bonds. The number of aryl methyl sites for hydroxylation is 1. The van der Waals surface area contributed by atoms with Crippen LogP contribution < -0.4 is 0 Å². The fourth-order valence-corrected chi connectivity index (χ4v) is 5.03. The summed E-state index contributed by atoms with van der Waals surface area (Å²) < 4.78 is 7.10. The molecular formula is C8H4I4N2. The number of rotatable bonds is 0. The molecule has 0 atom stereocenters. The van der Waals surface area contributed by atoms with Gasteiger partial charge in [-0.2, -0.15) is 0 Å². The Labute approximate surface area is 136 Å². The van der Waals surface area contributed by atoms with E-state index in [-0.39, 0.29) is 0 Å². The van der Waals surface area contributed by atoms with Crippen molar-refractivity contribution < 1.29 is 0 Å². The minimum Gasteiger partial charge on any atom is -0.282 e. The molecule has 0 aromatic carbocycles. The van der Waals surface area contributed by atoms with Crippen LogP contribution >= 0.6 is 90.4 Å². The van der Waals surface area contributed by atoms with Gasteiger partial charge >= 0.3 is 0 Å². The van der Waals surface area contributed by atoms with Crippen molar-refractivity contribution in [3.63, 3.8) is 0 Å². The van der Waals surface area contributed by atoms with Crippen molar-refractivity contribution in [1.82, 2.24) is 9.38 Å². The van der Waals surface area contributed by atoms with Crippen LogP contribution in [0.4, 0.5) is 0 Å². The van der Waals surface area contributed by atoms with Crippen LogP contribution in [0.5, 0.6) is 0 Å². The monoisotopic (exact) mass is 636 g/mol. The number of hydrogen-bond acceptors (Lipinski definition) is 1. The third-order valence-corrected chi connectivity index (χ3v) is 7.79. The molecule has 0 saturated heterocycles. The molecule has 2 nitrogen and oxygen atoms in total. The fraction of sp³-hybridized carbons (Fsp3) is 0.125. The second kappa shape index (κ2) is 4.47. The van der Waals surface area contributed by atoms with E-state index in [1.165, 1.54) is 16.4 Å². The highest BCUT2D eigenvalue weighted by atomic mass is 127. The summed E-state index contributed by atoms with van der Waals surface area (Å²) in [5.41, 5.74) is 2.33. The van der Waals surface area contributed by atoms with Gasteiger partial charge in [0.1, 0.15) is 3.70 Å². The molecule has 2 heterocycles. The minimum atomic E-state index is 1.03. The fourth-order valence-electron chi connectivity index (χ4n) is 1.24. The molecule has 0 radical (unpaired) electrons. The van der Waals surface area contributed by atoms with Gasteiger partial charge in [-0.3, -0.25) is 4.40 Å². The molecule has 6 heteroatoms. The second-order valence-corrected chi connectivity index (χ2v) is 6.95. The van der Waals surface area contributed by atoms with Crippen LogP contribution in [-0.4, -0.2) is 9.38 Å². The number of aromatic nitrogens is 2. The van der Waals surface area contributed by atoms with Crippen molar-refractivity contribution in [1.29, 1.82) is 0 Å². The van der Waals surface area contributed by atoms with Crippen molar-refractivity contribution in [3.8, 4) is 0 Å². The average Bonchev–Trinajstić information content (AvgIpc) is 2.31. The Bertz CT molecular complexity index is 518. The molecule has 0 fully saturated rings. The van der Waals surface area contributed by atoms with E-state index >= 15 is 0 Å². The van der Waals surface area contributed by atoms with Gasteiger partial charge in [-0.05, 0) is 80.8 Å². The Kier molecular flexibility index (Phi) is 3.85. The molecule has 2 aromatic rings. The molecule has 74 valence electrons. The lowest BCUT2D eigenvalue weighted by Crippen LogP contribution is -1.98. The van der Waals surface area contributed by atoms with E-state index in [9.17, 15) is 0 Å². The molecule has 2 rings (SSSR count). The van der Waals surface area contributed by atoms with Gasteiger partial charge in [-0.15, -0.1) is 0 Å². The largest absolute Gasteiger partial charge is 0.282 e. The smallest absolute Gasteiger partial charge is 0.176 e. The molecule has 0 saturated carbocycles.